The molecule has 1 heterocycles. The molecule has 1 aromatic heterocycles. The number of aromatic nitrogens is 2. The van der Waals surface area contributed by atoms with Gasteiger partial charge in [0, 0.05) is 6.07 Å². The highest BCUT2D eigenvalue weighted by Gasteiger charge is 2.13. The molecular weight excluding hydrogens is 350 g/mol. The van der Waals surface area contributed by atoms with E-state index in [9.17, 15) is 10.1 Å². The quantitative estimate of drug-likeness (QED) is 0.720. The van der Waals surface area contributed by atoms with Crippen LogP contribution in [0.4, 0.5) is 17.2 Å². The van der Waals surface area contributed by atoms with Crippen molar-refractivity contribution in [3.05, 3.63) is 76.7 Å². The number of rotatable bonds is 4. The molecule has 0 aliphatic rings. The van der Waals surface area contributed by atoms with Crippen LogP contribution in [-0.4, -0.2) is 15.9 Å². The summed E-state index contributed by atoms with van der Waals surface area (Å²) in [5, 5.41) is 15.4. The zero-order chi connectivity index (χ0) is 18.5. The fourth-order valence-corrected chi connectivity index (χ4v) is 2.51. The smallest absolute Gasteiger partial charge is 0.274 e. The van der Waals surface area contributed by atoms with E-state index in [4.69, 9.17) is 11.6 Å². The number of benzene rings is 2. The van der Waals surface area contributed by atoms with Crippen LogP contribution in [0.15, 0.2) is 54.6 Å². The Morgan fingerprint density at radius 3 is 2.50 bits per heavy atom. The first kappa shape index (κ1) is 17.4. The Labute approximate surface area is 155 Å². The van der Waals surface area contributed by atoms with E-state index in [2.05, 4.69) is 26.7 Å². The van der Waals surface area contributed by atoms with E-state index in [0.717, 1.165) is 0 Å². The Hall–Kier alpha value is -3.43. The van der Waals surface area contributed by atoms with Gasteiger partial charge in [-0.25, -0.2) is 9.97 Å². The SMILES string of the molecule is Cc1nc(Nc2ccccc2C#N)cc(C(=O)Nc2ccccc2Cl)n1. The third-order valence-electron chi connectivity index (χ3n) is 3.50. The van der Waals surface area contributed by atoms with E-state index < -0.39 is 5.91 Å². The number of aryl methyl sites for hydroxylation is 1. The van der Waals surface area contributed by atoms with Crippen LogP contribution < -0.4 is 10.6 Å². The first-order valence-electron chi connectivity index (χ1n) is 7.74. The van der Waals surface area contributed by atoms with Gasteiger partial charge in [-0.2, -0.15) is 5.26 Å². The van der Waals surface area contributed by atoms with E-state index in [0.29, 0.717) is 33.6 Å². The standard InChI is InChI=1S/C19H14ClN5O/c1-12-22-17(19(26)25-16-9-5-3-7-14(16)20)10-18(23-12)24-15-8-4-2-6-13(15)11-21/h2-10H,1H3,(H,25,26)(H,22,23,24). The van der Waals surface area contributed by atoms with Crippen molar-refractivity contribution in [2.75, 3.05) is 10.6 Å². The van der Waals surface area contributed by atoms with Crippen molar-refractivity contribution in [2.24, 2.45) is 0 Å². The zero-order valence-corrected chi connectivity index (χ0v) is 14.6. The van der Waals surface area contributed by atoms with Crippen molar-refractivity contribution in [2.45, 2.75) is 6.92 Å². The van der Waals surface area contributed by atoms with Gasteiger partial charge < -0.3 is 10.6 Å². The van der Waals surface area contributed by atoms with Crippen LogP contribution in [0.5, 0.6) is 0 Å². The number of hydrogen-bond donors (Lipinski definition) is 2. The number of amides is 1. The number of anilines is 3. The van der Waals surface area contributed by atoms with Gasteiger partial charge >= 0.3 is 0 Å². The number of nitrogens with zero attached hydrogens (tertiary/aromatic N) is 3. The summed E-state index contributed by atoms with van der Waals surface area (Å²) in [6.45, 7) is 1.69. The van der Waals surface area contributed by atoms with Crippen molar-refractivity contribution in [1.82, 2.24) is 9.97 Å². The van der Waals surface area contributed by atoms with Gasteiger partial charge in [0.25, 0.3) is 5.91 Å². The highest BCUT2D eigenvalue weighted by molar-refractivity contribution is 6.33. The summed E-state index contributed by atoms with van der Waals surface area (Å²) >= 11 is 6.07. The summed E-state index contributed by atoms with van der Waals surface area (Å²) in [6.07, 6.45) is 0. The molecule has 0 saturated heterocycles. The molecule has 0 unspecified atom stereocenters. The molecule has 0 saturated carbocycles. The predicted octanol–water partition coefficient (Wildman–Crippen LogP) is 4.31. The number of para-hydroxylation sites is 2. The van der Waals surface area contributed by atoms with Crippen molar-refractivity contribution in [3.8, 4) is 6.07 Å². The minimum Gasteiger partial charge on any atom is -0.339 e. The lowest BCUT2D eigenvalue weighted by Gasteiger charge is -2.10. The van der Waals surface area contributed by atoms with Crippen LogP contribution in [0.25, 0.3) is 0 Å². The van der Waals surface area contributed by atoms with Crippen LogP contribution in [0, 0.1) is 18.3 Å². The maximum absolute atomic E-state index is 12.5. The number of nitrogens with one attached hydrogen (secondary N) is 2. The average molecular weight is 364 g/mol. The lowest BCUT2D eigenvalue weighted by atomic mass is 10.2. The predicted molar refractivity (Wildman–Crippen MR) is 101 cm³/mol. The third-order valence-corrected chi connectivity index (χ3v) is 3.83. The maximum atomic E-state index is 12.5. The molecule has 0 atom stereocenters. The molecule has 3 rings (SSSR count). The topological polar surface area (TPSA) is 90.7 Å². The van der Waals surface area contributed by atoms with Gasteiger partial charge in [0.05, 0.1) is 22.0 Å². The normalized spacial score (nSPS) is 10.0. The van der Waals surface area contributed by atoms with Gasteiger partial charge in [0.15, 0.2) is 0 Å². The molecule has 0 radical (unpaired) electrons. The van der Waals surface area contributed by atoms with Crippen LogP contribution in [0.2, 0.25) is 5.02 Å². The fourth-order valence-electron chi connectivity index (χ4n) is 2.32. The van der Waals surface area contributed by atoms with Crippen molar-refractivity contribution < 1.29 is 4.79 Å². The van der Waals surface area contributed by atoms with Gasteiger partial charge in [-0.1, -0.05) is 35.9 Å². The van der Waals surface area contributed by atoms with Crippen molar-refractivity contribution in [3.63, 3.8) is 0 Å². The minimum atomic E-state index is -0.403. The molecule has 0 aliphatic heterocycles. The summed E-state index contributed by atoms with van der Waals surface area (Å²) in [7, 11) is 0. The first-order chi connectivity index (χ1) is 12.6. The summed E-state index contributed by atoms with van der Waals surface area (Å²) < 4.78 is 0. The van der Waals surface area contributed by atoms with E-state index in [1.807, 2.05) is 6.07 Å². The van der Waals surface area contributed by atoms with Gasteiger partial charge in [-0.3, -0.25) is 4.79 Å². The Morgan fingerprint density at radius 1 is 1.08 bits per heavy atom. The van der Waals surface area contributed by atoms with E-state index >= 15 is 0 Å². The molecule has 26 heavy (non-hydrogen) atoms. The summed E-state index contributed by atoms with van der Waals surface area (Å²) in [5.74, 6) is 0.443. The second-order valence-electron chi connectivity index (χ2n) is 5.40. The van der Waals surface area contributed by atoms with Gasteiger partial charge in [-0.05, 0) is 31.2 Å². The molecule has 6 nitrogen and oxygen atoms in total. The highest BCUT2D eigenvalue weighted by Crippen LogP contribution is 2.22. The minimum absolute atomic E-state index is 0.189. The molecule has 0 fully saturated rings. The van der Waals surface area contributed by atoms with Gasteiger partial charge in [0.2, 0.25) is 0 Å². The number of carbonyl (C=O) groups is 1. The largest absolute Gasteiger partial charge is 0.339 e. The van der Waals surface area contributed by atoms with Crippen LogP contribution in [0.1, 0.15) is 21.9 Å². The van der Waals surface area contributed by atoms with Crippen LogP contribution in [-0.2, 0) is 0 Å². The molecule has 7 heteroatoms. The van der Waals surface area contributed by atoms with Crippen LogP contribution in [0.3, 0.4) is 0 Å². The first-order valence-corrected chi connectivity index (χ1v) is 8.12. The Kier molecular flexibility index (Phi) is 5.11. The molecule has 3 aromatic rings. The summed E-state index contributed by atoms with van der Waals surface area (Å²) in [5.41, 5.74) is 1.77. The second-order valence-corrected chi connectivity index (χ2v) is 5.81. The lowest BCUT2D eigenvalue weighted by Crippen LogP contribution is -2.15. The third kappa shape index (κ3) is 3.97. The number of hydrogen-bond acceptors (Lipinski definition) is 5. The average Bonchev–Trinajstić information content (AvgIpc) is 2.63. The molecule has 2 N–H and O–H groups in total. The summed E-state index contributed by atoms with van der Waals surface area (Å²) in [6, 6.07) is 17.6. The fraction of sp³-hybridized carbons (Fsp3) is 0.0526. The number of carbonyl (C=O) groups excluding carboxylic acids is 1. The maximum Gasteiger partial charge on any atom is 0.274 e. The number of nitriles is 1. The van der Waals surface area contributed by atoms with E-state index in [-0.39, 0.29) is 5.69 Å². The van der Waals surface area contributed by atoms with Gasteiger partial charge in [0.1, 0.15) is 23.4 Å². The Balaban J connectivity index is 1.87. The molecule has 2 aromatic carbocycles. The van der Waals surface area contributed by atoms with Crippen molar-refractivity contribution in [1.29, 1.82) is 5.26 Å². The van der Waals surface area contributed by atoms with Crippen molar-refractivity contribution >= 4 is 34.7 Å². The number of halogens is 1. The highest BCUT2D eigenvalue weighted by atomic mass is 35.5. The molecule has 1 amide bonds. The van der Waals surface area contributed by atoms with Crippen LogP contribution >= 0.6 is 11.6 Å². The monoisotopic (exact) mass is 363 g/mol. The molecule has 128 valence electrons. The van der Waals surface area contributed by atoms with E-state index in [1.165, 1.54) is 6.07 Å². The second kappa shape index (κ2) is 7.64. The summed E-state index contributed by atoms with van der Waals surface area (Å²) in [4.78, 5) is 21.0. The zero-order valence-electron chi connectivity index (χ0n) is 13.8. The van der Waals surface area contributed by atoms with E-state index in [1.54, 1.807) is 49.4 Å². The Morgan fingerprint density at radius 2 is 1.77 bits per heavy atom. The van der Waals surface area contributed by atoms with Gasteiger partial charge in [-0.15, -0.1) is 0 Å². The molecule has 0 spiro atoms. The molecule has 0 aliphatic carbocycles. The molecule has 0 bridgehead atoms. The Bertz CT molecular complexity index is 1010. The molecular formula is C19H14ClN5O. The lowest BCUT2D eigenvalue weighted by molar-refractivity contribution is 0.102.